The van der Waals surface area contributed by atoms with Crippen molar-refractivity contribution in [1.29, 1.82) is 0 Å². The maximum atomic E-state index is 12.1. The fourth-order valence-corrected chi connectivity index (χ4v) is 2.06. The van der Waals surface area contributed by atoms with Gasteiger partial charge in [0.1, 0.15) is 0 Å². The highest BCUT2D eigenvalue weighted by Gasteiger charge is 2.13. The van der Waals surface area contributed by atoms with E-state index < -0.39 is 5.97 Å². The third-order valence-electron chi connectivity index (χ3n) is 3.27. The number of nitrogens with zero attached hydrogens (tertiary/aromatic N) is 1. The summed E-state index contributed by atoms with van der Waals surface area (Å²) in [5, 5.41) is 8.70. The second kappa shape index (κ2) is 8.95. The molecule has 0 radical (unpaired) electrons. The molecule has 0 bridgehead atoms. The predicted octanol–water partition coefficient (Wildman–Crippen LogP) is 2.81. The van der Waals surface area contributed by atoms with Crippen molar-refractivity contribution in [2.45, 2.75) is 32.6 Å². The summed E-state index contributed by atoms with van der Waals surface area (Å²) in [5.74, 6) is -0.903. The van der Waals surface area contributed by atoms with E-state index in [4.69, 9.17) is 5.11 Å². The van der Waals surface area contributed by atoms with E-state index in [9.17, 15) is 9.59 Å². The summed E-state index contributed by atoms with van der Waals surface area (Å²) in [4.78, 5) is 24.2. The van der Waals surface area contributed by atoms with Crippen LogP contribution >= 0.6 is 0 Å². The summed E-state index contributed by atoms with van der Waals surface area (Å²) < 4.78 is 0. The van der Waals surface area contributed by atoms with Crippen molar-refractivity contribution < 1.29 is 14.7 Å². The molecule has 0 unspecified atom stereocenters. The summed E-state index contributed by atoms with van der Waals surface area (Å²) in [6.45, 7) is 6.29. The maximum Gasteiger partial charge on any atom is 0.305 e. The number of amides is 1. The van der Waals surface area contributed by atoms with Crippen molar-refractivity contribution in [2.24, 2.45) is 0 Å². The Kier molecular flexibility index (Phi) is 7.23. The molecule has 4 nitrogen and oxygen atoms in total. The fraction of sp³-hybridized carbons (Fsp3) is 0.412. The highest BCUT2D eigenvalue weighted by molar-refractivity contribution is 5.77. The largest absolute Gasteiger partial charge is 0.481 e. The molecule has 21 heavy (non-hydrogen) atoms. The minimum Gasteiger partial charge on any atom is -0.481 e. The summed E-state index contributed by atoms with van der Waals surface area (Å²) >= 11 is 0. The second-order valence-electron chi connectivity index (χ2n) is 5.11. The van der Waals surface area contributed by atoms with E-state index in [2.05, 4.69) is 30.8 Å². The Balaban J connectivity index is 2.40. The minimum absolute atomic E-state index is 0.0109. The monoisotopic (exact) mass is 289 g/mol. The lowest BCUT2D eigenvalue weighted by Gasteiger charge is -2.20. The highest BCUT2D eigenvalue weighted by atomic mass is 16.4. The molecule has 114 valence electrons. The normalized spacial score (nSPS) is 10.1. The standard InChI is InChI=1S/C17H23NO3/c1-3-12-18(13-11-17(20)21)16(19)6-4-5-15-9-7-14(2)8-10-15/h3,7-10H,1,4-6,11-13H2,2H3,(H,20,21). The van der Waals surface area contributed by atoms with Crippen LogP contribution < -0.4 is 0 Å². The first-order valence-electron chi connectivity index (χ1n) is 7.19. The zero-order chi connectivity index (χ0) is 15.7. The average molecular weight is 289 g/mol. The lowest BCUT2D eigenvalue weighted by molar-refractivity contribution is -0.138. The number of carbonyl (C=O) groups excluding carboxylic acids is 1. The molecule has 1 amide bonds. The number of aryl methyl sites for hydroxylation is 2. The van der Waals surface area contributed by atoms with E-state index in [1.54, 1.807) is 11.0 Å². The molecule has 0 heterocycles. The van der Waals surface area contributed by atoms with Crippen LogP contribution in [0, 0.1) is 6.92 Å². The zero-order valence-electron chi connectivity index (χ0n) is 12.5. The molecule has 0 aliphatic rings. The van der Waals surface area contributed by atoms with E-state index in [0.717, 1.165) is 12.8 Å². The molecule has 0 saturated carbocycles. The van der Waals surface area contributed by atoms with Crippen LogP contribution in [0.1, 0.15) is 30.4 Å². The first kappa shape index (κ1) is 17.0. The lowest BCUT2D eigenvalue weighted by Crippen LogP contribution is -2.33. The summed E-state index contributed by atoms with van der Waals surface area (Å²) in [7, 11) is 0. The predicted molar refractivity (Wildman–Crippen MR) is 83.1 cm³/mol. The fourth-order valence-electron chi connectivity index (χ4n) is 2.06. The van der Waals surface area contributed by atoms with E-state index in [0.29, 0.717) is 13.0 Å². The lowest BCUT2D eigenvalue weighted by atomic mass is 10.1. The van der Waals surface area contributed by atoms with Gasteiger partial charge in [-0.1, -0.05) is 35.9 Å². The summed E-state index contributed by atoms with van der Waals surface area (Å²) in [5.41, 5.74) is 2.44. The van der Waals surface area contributed by atoms with Gasteiger partial charge in [0.15, 0.2) is 0 Å². The number of benzene rings is 1. The van der Waals surface area contributed by atoms with Crippen LogP contribution in [0.4, 0.5) is 0 Å². The maximum absolute atomic E-state index is 12.1. The Morgan fingerprint density at radius 1 is 1.24 bits per heavy atom. The van der Waals surface area contributed by atoms with Gasteiger partial charge in [-0.25, -0.2) is 0 Å². The molecule has 1 rings (SSSR count). The van der Waals surface area contributed by atoms with Crippen LogP contribution in [0.5, 0.6) is 0 Å². The average Bonchev–Trinajstić information content (AvgIpc) is 2.45. The molecule has 0 saturated heterocycles. The molecule has 4 heteroatoms. The Bertz CT molecular complexity index is 479. The van der Waals surface area contributed by atoms with E-state index >= 15 is 0 Å². The van der Waals surface area contributed by atoms with Gasteiger partial charge in [0.05, 0.1) is 6.42 Å². The van der Waals surface area contributed by atoms with Gasteiger partial charge in [-0.2, -0.15) is 0 Å². The van der Waals surface area contributed by atoms with Gasteiger partial charge in [-0.3, -0.25) is 9.59 Å². The SMILES string of the molecule is C=CCN(CCC(=O)O)C(=O)CCCc1ccc(C)cc1. The third kappa shape index (κ3) is 6.75. The van der Waals surface area contributed by atoms with Crippen molar-refractivity contribution in [3.63, 3.8) is 0 Å². The van der Waals surface area contributed by atoms with Crippen molar-refractivity contribution in [2.75, 3.05) is 13.1 Å². The number of hydrogen-bond acceptors (Lipinski definition) is 2. The molecule has 0 fully saturated rings. The second-order valence-corrected chi connectivity index (χ2v) is 5.11. The molecule has 0 aliphatic carbocycles. The molecular formula is C17H23NO3. The summed E-state index contributed by atoms with van der Waals surface area (Å²) in [6.07, 6.45) is 3.65. The highest BCUT2D eigenvalue weighted by Crippen LogP contribution is 2.08. The third-order valence-corrected chi connectivity index (χ3v) is 3.27. The zero-order valence-corrected chi connectivity index (χ0v) is 12.5. The van der Waals surface area contributed by atoms with Gasteiger partial charge >= 0.3 is 5.97 Å². The van der Waals surface area contributed by atoms with Gasteiger partial charge in [-0.15, -0.1) is 6.58 Å². The molecule has 1 aromatic carbocycles. The molecule has 0 aliphatic heterocycles. The van der Waals surface area contributed by atoms with Crippen LogP contribution in [-0.4, -0.2) is 35.0 Å². The molecule has 0 aromatic heterocycles. The first-order chi connectivity index (χ1) is 10.0. The number of aliphatic carboxylic acids is 1. The van der Waals surface area contributed by atoms with Gasteiger partial charge in [0, 0.05) is 19.5 Å². The van der Waals surface area contributed by atoms with E-state index in [1.807, 2.05) is 6.92 Å². The van der Waals surface area contributed by atoms with Crippen molar-refractivity contribution in [3.05, 3.63) is 48.0 Å². The molecular weight excluding hydrogens is 266 g/mol. The molecule has 0 spiro atoms. The first-order valence-corrected chi connectivity index (χ1v) is 7.19. The van der Waals surface area contributed by atoms with Crippen molar-refractivity contribution in [3.8, 4) is 0 Å². The Hall–Kier alpha value is -2.10. The van der Waals surface area contributed by atoms with E-state index in [1.165, 1.54) is 11.1 Å². The molecule has 1 aromatic rings. The quantitative estimate of drug-likeness (QED) is 0.711. The van der Waals surface area contributed by atoms with Gasteiger partial charge in [0.2, 0.25) is 5.91 Å². The van der Waals surface area contributed by atoms with Crippen LogP contribution in [0.3, 0.4) is 0 Å². The summed E-state index contributed by atoms with van der Waals surface area (Å²) in [6, 6.07) is 8.28. The van der Waals surface area contributed by atoms with Crippen LogP contribution in [0.15, 0.2) is 36.9 Å². The van der Waals surface area contributed by atoms with Crippen molar-refractivity contribution >= 4 is 11.9 Å². The number of carbonyl (C=O) groups is 2. The Labute approximate surface area is 126 Å². The van der Waals surface area contributed by atoms with Crippen LogP contribution in [0.25, 0.3) is 0 Å². The molecule has 0 atom stereocenters. The molecule has 1 N–H and O–H groups in total. The van der Waals surface area contributed by atoms with Gasteiger partial charge < -0.3 is 10.0 Å². The van der Waals surface area contributed by atoms with E-state index in [-0.39, 0.29) is 18.9 Å². The number of hydrogen-bond donors (Lipinski definition) is 1. The number of carboxylic acid groups (broad SMARTS) is 1. The smallest absolute Gasteiger partial charge is 0.305 e. The van der Waals surface area contributed by atoms with Gasteiger partial charge in [-0.05, 0) is 25.3 Å². The topological polar surface area (TPSA) is 57.6 Å². The van der Waals surface area contributed by atoms with Crippen LogP contribution in [0.2, 0.25) is 0 Å². The number of carboxylic acids is 1. The van der Waals surface area contributed by atoms with Crippen LogP contribution in [-0.2, 0) is 16.0 Å². The van der Waals surface area contributed by atoms with Crippen molar-refractivity contribution in [1.82, 2.24) is 4.90 Å². The number of rotatable bonds is 9. The minimum atomic E-state index is -0.892. The Morgan fingerprint density at radius 2 is 1.90 bits per heavy atom. The Morgan fingerprint density at radius 3 is 2.48 bits per heavy atom. The van der Waals surface area contributed by atoms with Gasteiger partial charge in [0.25, 0.3) is 0 Å².